The van der Waals surface area contributed by atoms with E-state index >= 15 is 0 Å². The molecule has 0 bridgehead atoms. The molecule has 0 aromatic carbocycles. The van der Waals surface area contributed by atoms with Crippen molar-refractivity contribution in [3.63, 3.8) is 0 Å². The Morgan fingerprint density at radius 2 is 1.93 bits per heavy atom. The van der Waals surface area contributed by atoms with Gasteiger partial charge in [0.1, 0.15) is 0 Å². The topological polar surface area (TPSA) is 20.3 Å². The van der Waals surface area contributed by atoms with E-state index < -0.39 is 0 Å². The molecule has 0 spiro atoms. The summed E-state index contributed by atoms with van der Waals surface area (Å²) in [7, 11) is 0. The van der Waals surface area contributed by atoms with E-state index in [9.17, 15) is 4.79 Å². The van der Waals surface area contributed by atoms with Gasteiger partial charge in [0, 0.05) is 19.5 Å². The van der Waals surface area contributed by atoms with Crippen LogP contribution in [-0.4, -0.2) is 23.8 Å². The lowest BCUT2D eigenvalue weighted by Gasteiger charge is -2.31. The molecule has 0 atom stereocenters. The third-order valence-electron chi connectivity index (χ3n) is 3.26. The van der Waals surface area contributed by atoms with Crippen molar-refractivity contribution < 1.29 is 4.79 Å². The molecule has 2 aliphatic rings. The first-order valence-corrected chi connectivity index (χ1v) is 5.59. The Morgan fingerprint density at radius 1 is 1.29 bits per heavy atom. The fourth-order valence-electron chi connectivity index (χ4n) is 2.31. The molecular formula is C12H19NO. The molecule has 1 fully saturated rings. The minimum atomic E-state index is 0.214. The smallest absolute Gasteiger partial charge is 0.178 e. The summed E-state index contributed by atoms with van der Waals surface area (Å²) < 4.78 is 0. The number of hydrogen-bond donors (Lipinski definition) is 0. The van der Waals surface area contributed by atoms with Gasteiger partial charge in [0.15, 0.2) is 5.78 Å². The van der Waals surface area contributed by atoms with Gasteiger partial charge in [-0.05, 0) is 24.7 Å². The largest absolute Gasteiger partial charge is 0.369 e. The van der Waals surface area contributed by atoms with Gasteiger partial charge in [0.05, 0.1) is 5.70 Å². The van der Waals surface area contributed by atoms with E-state index in [4.69, 9.17) is 0 Å². The quantitative estimate of drug-likeness (QED) is 0.637. The number of Topliss-reactive ketones (excluding diaryl/α,β-unsaturated/α-hetero) is 1. The van der Waals surface area contributed by atoms with Crippen LogP contribution in [0.3, 0.4) is 0 Å². The zero-order valence-electron chi connectivity index (χ0n) is 9.18. The fraction of sp³-hybridized carbons (Fsp3) is 0.750. The van der Waals surface area contributed by atoms with Crippen molar-refractivity contribution in [2.45, 2.75) is 39.5 Å². The van der Waals surface area contributed by atoms with E-state index in [0.717, 1.165) is 31.6 Å². The molecule has 2 nitrogen and oxygen atoms in total. The summed E-state index contributed by atoms with van der Waals surface area (Å²) in [5.74, 6) is 0.353. The van der Waals surface area contributed by atoms with E-state index in [-0.39, 0.29) is 5.41 Å². The average molecular weight is 193 g/mol. The zero-order valence-corrected chi connectivity index (χ0v) is 9.18. The predicted molar refractivity (Wildman–Crippen MR) is 56.9 cm³/mol. The second-order valence-electron chi connectivity index (χ2n) is 5.14. The van der Waals surface area contributed by atoms with Crippen LogP contribution in [0, 0.1) is 5.41 Å². The molecule has 0 aromatic rings. The van der Waals surface area contributed by atoms with Crippen LogP contribution in [0.15, 0.2) is 11.8 Å². The lowest BCUT2D eigenvalue weighted by molar-refractivity contribution is -0.118. The van der Waals surface area contributed by atoms with E-state index in [1.165, 1.54) is 12.8 Å². The second-order valence-corrected chi connectivity index (χ2v) is 5.14. The second kappa shape index (κ2) is 3.41. The van der Waals surface area contributed by atoms with Crippen molar-refractivity contribution in [2.75, 3.05) is 13.1 Å². The highest BCUT2D eigenvalue weighted by molar-refractivity contribution is 5.95. The van der Waals surface area contributed by atoms with Crippen molar-refractivity contribution >= 4 is 5.78 Å². The number of likely N-dealkylation sites (tertiary alicyclic amines) is 1. The number of ketones is 1. The maximum Gasteiger partial charge on any atom is 0.178 e. The molecule has 78 valence electrons. The molecule has 2 heteroatoms. The van der Waals surface area contributed by atoms with Crippen LogP contribution in [0.4, 0.5) is 0 Å². The molecule has 1 saturated heterocycles. The number of carbonyl (C=O) groups excluding carboxylic acids is 1. The molecule has 0 saturated carbocycles. The minimum absolute atomic E-state index is 0.214. The van der Waals surface area contributed by atoms with E-state index in [0.29, 0.717) is 5.78 Å². The monoisotopic (exact) mass is 193 g/mol. The highest BCUT2D eigenvalue weighted by atomic mass is 16.1. The molecule has 1 aliphatic carbocycles. The molecule has 1 heterocycles. The summed E-state index contributed by atoms with van der Waals surface area (Å²) in [5, 5.41) is 0. The van der Waals surface area contributed by atoms with Gasteiger partial charge in [-0.15, -0.1) is 0 Å². The predicted octanol–water partition coefficient (Wildman–Crippen LogP) is 2.36. The third kappa shape index (κ3) is 1.84. The number of rotatable bonds is 1. The SMILES string of the molecule is CC1(C)C=C(N2CCCC2)C(=O)CC1. The van der Waals surface area contributed by atoms with Gasteiger partial charge in [-0.1, -0.05) is 19.9 Å². The van der Waals surface area contributed by atoms with Crippen molar-refractivity contribution in [3.05, 3.63) is 11.8 Å². The van der Waals surface area contributed by atoms with Crippen LogP contribution >= 0.6 is 0 Å². The maximum absolute atomic E-state index is 11.8. The standard InChI is InChI=1S/C12H19NO/c1-12(2)6-5-11(14)10(9-12)13-7-3-4-8-13/h9H,3-8H2,1-2H3. The van der Waals surface area contributed by atoms with Gasteiger partial charge in [-0.25, -0.2) is 0 Å². The normalized spacial score (nSPS) is 26.6. The zero-order chi connectivity index (χ0) is 10.2. The van der Waals surface area contributed by atoms with E-state index in [1.807, 2.05) is 0 Å². The molecular weight excluding hydrogens is 174 g/mol. The molecule has 14 heavy (non-hydrogen) atoms. The Bertz CT molecular complexity index is 272. The number of carbonyl (C=O) groups is 1. The maximum atomic E-state index is 11.8. The summed E-state index contributed by atoms with van der Waals surface area (Å²) in [6, 6.07) is 0. The van der Waals surface area contributed by atoms with Gasteiger partial charge in [0.25, 0.3) is 0 Å². The van der Waals surface area contributed by atoms with Crippen LogP contribution in [0.5, 0.6) is 0 Å². The first-order chi connectivity index (χ1) is 6.58. The first kappa shape index (κ1) is 9.75. The Labute approximate surface area is 86.0 Å². The number of allylic oxidation sites excluding steroid dienone is 2. The van der Waals surface area contributed by atoms with Crippen molar-refractivity contribution in [2.24, 2.45) is 5.41 Å². The number of hydrogen-bond acceptors (Lipinski definition) is 2. The van der Waals surface area contributed by atoms with Crippen molar-refractivity contribution in [1.29, 1.82) is 0 Å². The van der Waals surface area contributed by atoms with Gasteiger partial charge in [-0.2, -0.15) is 0 Å². The Hall–Kier alpha value is -0.790. The van der Waals surface area contributed by atoms with Gasteiger partial charge < -0.3 is 4.90 Å². The van der Waals surface area contributed by atoms with Crippen LogP contribution in [0.25, 0.3) is 0 Å². The molecule has 0 radical (unpaired) electrons. The molecule has 2 rings (SSSR count). The first-order valence-electron chi connectivity index (χ1n) is 5.59. The van der Waals surface area contributed by atoms with Gasteiger partial charge >= 0.3 is 0 Å². The molecule has 0 amide bonds. The van der Waals surface area contributed by atoms with Crippen LogP contribution in [0.1, 0.15) is 39.5 Å². The molecule has 1 aliphatic heterocycles. The van der Waals surface area contributed by atoms with E-state index in [1.54, 1.807) is 0 Å². The van der Waals surface area contributed by atoms with Crippen LogP contribution < -0.4 is 0 Å². The van der Waals surface area contributed by atoms with E-state index in [2.05, 4.69) is 24.8 Å². The summed E-state index contributed by atoms with van der Waals surface area (Å²) in [4.78, 5) is 14.0. The Balaban J connectivity index is 2.21. The summed E-state index contributed by atoms with van der Waals surface area (Å²) in [5.41, 5.74) is 1.21. The summed E-state index contributed by atoms with van der Waals surface area (Å²) in [6.45, 7) is 6.59. The fourth-order valence-corrected chi connectivity index (χ4v) is 2.31. The highest BCUT2D eigenvalue weighted by Crippen LogP contribution is 2.33. The van der Waals surface area contributed by atoms with Crippen LogP contribution in [-0.2, 0) is 4.79 Å². The summed E-state index contributed by atoms with van der Waals surface area (Å²) >= 11 is 0. The lowest BCUT2D eigenvalue weighted by Crippen LogP contribution is -2.30. The average Bonchev–Trinajstić information content (AvgIpc) is 2.62. The summed E-state index contributed by atoms with van der Waals surface area (Å²) in [6.07, 6.45) is 6.40. The van der Waals surface area contributed by atoms with Crippen LogP contribution in [0.2, 0.25) is 0 Å². The Morgan fingerprint density at radius 3 is 2.57 bits per heavy atom. The van der Waals surface area contributed by atoms with Gasteiger partial charge in [0.2, 0.25) is 0 Å². The van der Waals surface area contributed by atoms with Crippen molar-refractivity contribution in [1.82, 2.24) is 4.90 Å². The van der Waals surface area contributed by atoms with Crippen molar-refractivity contribution in [3.8, 4) is 0 Å². The molecule has 0 unspecified atom stereocenters. The Kier molecular flexibility index (Phi) is 2.38. The molecule has 0 N–H and O–H groups in total. The third-order valence-corrected chi connectivity index (χ3v) is 3.26. The minimum Gasteiger partial charge on any atom is -0.369 e. The van der Waals surface area contributed by atoms with Gasteiger partial charge in [-0.3, -0.25) is 4.79 Å². The highest BCUT2D eigenvalue weighted by Gasteiger charge is 2.29. The lowest BCUT2D eigenvalue weighted by atomic mass is 9.81. The molecule has 0 aromatic heterocycles. The number of nitrogens with zero attached hydrogens (tertiary/aromatic N) is 1.